The number of carbonyl (C=O) groups is 2. The van der Waals surface area contributed by atoms with E-state index in [1.165, 1.54) is 27.7 Å². The number of aromatic nitrogens is 3. The molecule has 37 heavy (non-hydrogen) atoms. The fourth-order valence-electron chi connectivity index (χ4n) is 5.20. The van der Waals surface area contributed by atoms with Gasteiger partial charge < -0.3 is 19.5 Å². The van der Waals surface area contributed by atoms with E-state index in [0.717, 1.165) is 0 Å². The highest BCUT2D eigenvalue weighted by molar-refractivity contribution is 6.30. The van der Waals surface area contributed by atoms with Crippen LogP contribution in [0, 0.1) is 5.82 Å². The van der Waals surface area contributed by atoms with Crippen molar-refractivity contribution < 1.29 is 19.1 Å². The third-order valence-corrected chi connectivity index (χ3v) is 7.43. The van der Waals surface area contributed by atoms with Gasteiger partial charge in [0.2, 0.25) is 0 Å². The molecule has 4 heterocycles. The lowest BCUT2D eigenvalue weighted by atomic mass is 9.93. The highest BCUT2D eigenvalue weighted by Gasteiger charge is 2.37. The standard InChI is InChI=1S/C26H27ClFN5O4/c1-16-3-2-8-31(12-11-30-10-7-29-15-30)25(36)22-18-6-9-32(14-17-4-5-20(28)19(27)13-17)24(35)21(18)23(34)26(37)33(16)22/h4-5,7,10,13,15-16,34H,2-3,6,8-9,11-12,14H2,1H3. The summed E-state index contributed by atoms with van der Waals surface area (Å²) < 4.78 is 16.8. The highest BCUT2D eigenvalue weighted by atomic mass is 35.5. The Labute approximate surface area is 217 Å². The number of pyridine rings is 1. The first-order valence-corrected chi connectivity index (χ1v) is 12.6. The quantitative estimate of drug-likeness (QED) is 0.549. The molecule has 0 spiro atoms. The van der Waals surface area contributed by atoms with E-state index in [9.17, 15) is 23.9 Å². The summed E-state index contributed by atoms with van der Waals surface area (Å²) >= 11 is 5.90. The van der Waals surface area contributed by atoms with E-state index in [4.69, 9.17) is 11.6 Å². The van der Waals surface area contributed by atoms with Gasteiger partial charge in [0.15, 0.2) is 5.75 Å². The van der Waals surface area contributed by atoms with Crippen LogP contribution in [0.5, 0.6) is 5.75 Å². The van der Waals surface area contributed by atoms with E-state index >= 15 is 0 Å². The van der Waals surface area contributed by atoms with E-state index in [1.54, 1.807) is 17.4 Å². The molecular weight excluding hydrogens is 501 g/mol. The van der Waals surface area contributed by atoms with Crippen molar-refractivity contribution in [2.75, 3.05) is 19.6 Å². The molecule has 0 fully saturated rings. The zero-order valence-corrected chi connectivity index (χ0v) is 21.1. The molecular formula is C26H27ClFN5O4. The van der Waals surface area contributed by atoms with Crippen LogP contribution in [0.3, 0.4) is 0 Å². The Morgan fingerprint density at radius 1 is 1.14 bits per heavy atom. The third-order valence-electron chi connectivity index (χ3n) is 7.14. The number of hydrogen-bond acceptors (Lipinski definition) is 5. The molecule has 0 bridgehead atoms. The molecule has 5 rings (SSSR count). The Balaban J connectivity index is 1.53. The largest absolute Gasteiger partial charge is 0.502 e. The molecule has 0 aliphatic carbocycles. The molecule has 2 aliphatic rings. The molecule has 1 atom stereocenters. The Morgan fingerprint density at radius 2 is 1.95 bits per heavy atom. The summed E-state index contributed by atoms with van der Waals surface area (Å²) in [5, 5.41) is 10.9. The van der Waals surface area contributed by atoms with Gasteiger partial charge in [-0.3, -0.25) is 19.0 Å². The Bertz CT molecular complexity index is 1420. The van der Waals surface area contributed by atoms with Gasteiger partial charge in [-0.05, 0) is 43.9 Å². The Morgan fingerprint density at radius 3 is 2.68 bits per heavy atom. The number of nitrogens with zero attached hydrogens (tertiary/aromatic N) is 5. The summed E-state index contributed by atoms with van der Waals surface area (Å²) in [6.07, 6.45) is 6.79. The molecule has 2 amide bonds. The van der Waals surface area contributed by atoms with Gasteiger partial charge in [0.1, 0.15) is 11.5 Å². The van der Waals surface area contributed by atoms with Crippen LogP contribution in [0.2, 0.25) is 5.02 Å². The lowest BCUT2D eigenvalue weighted by Crippen LogP contribution is -2.45. The molecule has 3 aromatic rings. The zero-order chi connectivity index (χ0) is 26.3. The summed E-state index contributed by atoms with van der Waals surface area (Å²) in [4.78, 5) is 47.9. The summed E-state index contributed by atoms with van der Waals surface area (Å²) in [6, 6.07) is 3.89. The first kappa shape index (κ1) is 25.0. The van der Waals surface area contributed by atoms with E-state index < -0.39 is 23.0 Å². The van der Waals surface area contributed by atoms with Gasteiger partial charge in [0, 0.05) is 56.7 Å². The maximum absolute atomic E-state index is 13.9. The van der Waals surface area contributed by atoms with Crippen LogP contribution < -0.4 is 5.56 Å². The van der Waals surface area contributed by atoms with Crippen molar-refractivity contribution >= 4 is 23.4 Å². The molecule has 1 aromatic carbocycles. The van der Waals surface area contributed by atoms with Crippen LogP contribution in [0.4, 0.5) is 4.39 Å². The first-order chi connectivity index (χ1) is 17.8. The van der Waals surface area contributed by atoms with Crippen LogP contribution in [0.15, 0.2) is 41.7 Å². The predicted molar refractivity (Wildman–Crippen MR) is 134 cm³/mol. The van der Waals surface area contributed by atoms with Gasteiger partial charge in [-0.2, -0.15) is 0 Å². The van der Waals surface area contributed by atoms with Crippen LogP contribution in [0.25, 0.3) is 0 Å². The number of imidazole rings is 1. The molecule has 1 N–H and O–H groups in total. The van der Waals surface area contributed by atoms with Crippen LogP contribution >= 0.6 is 11.6 Å². The average molecular weight is 528 g/mol. The highest BCUT2D eigenvalue weighted by Crippen LogP contribution is 2.32. The fraction of sp³-hybridized carbons (Fsp3) is 0.385. The molecule has 2 aliphatic heterocycles. The number of carbonyl (C=O) groups excluding carboxylic acids is 2. The van der Waals surface area contributed by atoms with E-state index in [1.807, 2.05) is 17.7 Å². The topological polar surface area (TPSA) is 101 Å². The average Bonchev–Trinajstić information content (AvgIpc) is 3.39. The van der Waals surface area contributed by atoms with Crippen LogP contribution in [-0.4, -0.2) is 60.5 Å². The van der Waals surface area contributed by atoms with Crippen LogP contribution in [0.1, 0.15) is 57.8 Å². The van der Waals surface area contributed by atoms with E-state index in [0.29, 0.717) is 43.6 Å². The summed E-state index contributed by atoms with van der Waals surface area (Å²) in [5.74, 6) is -2.08. The van der Waals surface area contributed by atoms with E-state index in [2.05, 4.69) is 4.98 Å². The number of benzene rings is 1. The normalized spacial score (nSPS) is 17.9. The number of rotatable bonds is 5. The Hall–Kier alpha value is -3.66. The second-order valence-electron chi connectivity index (χ2n) is 9.54. The monoisotopic (exact) mass is 527 g/mol. The molecule has 9 nitrogen and oxygen atoms in total. The minimum absolute atomic E-state index is 0.0554. The van der Waals surface area contributed by atoms with E-state index in [-0.39, 0.29) is 47.7 Å². The summed E-state index contributed by atoms with van der Waals surface area (Å²) in [5.41, 5.74) is 0.300. The molecule has 2 aromatic heterocycles. The van der Waals surface area contributed by atoms with Crippen molar-refractivity contribution in [1.29, 1.82) is 0 Å². The molecule has 194 valence electrons. The molecule has 11 heteroatoms. The minimum atomic E-state index is -0.744. The lowest BCUT2D eigenvalue weighted by molar-refractivity contribution is 0.0699. The van der Waals surface area contributed by atoms with Crippen molar-refractivity contribution in [3.63, 3.8) is 0 Å². The molecule has 0 saturated carbocycles. The maximum Gasteiger partial charge on any atom is 0.294 e. The number of hydrogen-bond donors (Lipinski definition) is 1. The zero-order valence-electron chi connectivity index (χ0n) is 20.4. The lowest BCUT2D eigenvalue weighted by Gasteiger charge is -2.35. The SMILES string of the molecule is CC1CCCN(CCn2ccnc2)C(=O)c2c3c(c(O)c(=O)n21)C(=O)N(Cc1ccc(F)c(Cl)c1)CC3. The summed E-state index contributed by atoms with van der Waals surface area (Å²) in [7, 11) is 0. The van der Waals surface area contributed by atoms with Gasteiger partial charge in [-0.1, -0.05) is 17.7 Å². The fourth-order valence-corrected chi connectivity index (χ4v) is 5.40. The predicted octanol–water partition coefficient (Wildman–Crippen LogP) is 3.24. The Kier molecular flexibility index (Phi) is 6.76. The van der Waals surface area contributed by atoms with Crippen molar-refractivity contribution in [3.8, 4) is 5.75 Å². The van der Waals surface area contributed by atoms with Gasteiger partial charge in [0.05, 0.1) is 16.9 Å². The van der Waals surface area contributed by atoms with Gasteiger partial charge >= 0.3 is 0 Å². The second-order valence-corrected chi connectivity index (χ2v) is 9.94. The van der Waals surface area contributed by atoms with Crippen LogP contribution in [-0.2, 0) is 19.5 Å². The molecule has 0 radical (unpaired) electrons. The minimum Gasteiger partial charge on any atom is -0.502 e. The second kappa shape index (κ2) is 10.0. The smallest absolute Gasteiger partial charge is 0.294 e. The third kappa shape index (κ3) is 4.61. The van der Waals surface area contributed by atoms with Gasteiger partial charge in [0.25, 0.3) is 17.4 Å². The van der Waals surface area contributed by atoms with Gasteiger partial charge in [-0.15, -0.1) is 0 Å². The van der Waals surface area contributed by atoms with Crippen molar-refractivity contribution in [2.24, 2.45) is 0 Å². The molecule has 0 saturated heterocycles. The van der Waals surface area contributed by atoms with Crippen molar-refractivity contribution in [1.82, 2.24) is 23.9 Å². The number of aromatic hydroxyl groups is 1. The van der Waals surface area contributed by atoms with Crippen molar-refractivity contribution in [2.45, 2.75) is 45.3 Å². The first-order valence-electron chi connectivity index (χ1n) is 12.2. The number of fused-ring (bicyclic) bond motifs is 3. The molecule has 1 unspecified atom stereocenters. The summed E-state index contributed by atoms with van der Waals surface area (Å²) in [6.45, 7) is 3.71. The number of halogens is 2. The van der Waals surface area contributed by atoms with Gasteiger partial charge in [-0.25, -0.2) is 9.37 Å². The van der Waals surface area contributed by atoms with Crippen molar-refractivity contribution in [3.05, 3.63) is 80.5 Å². The number of amides is 2. The maximum atomic E-state index is 13.9.